The second-order valence-electron chi connectivity index (χ2n) is 8.21. The van der Waals surface area contributed by atoms with Crippen LogP contribution in [-0.4, -0.2) is 9.97 Å². The lowest BCUT2D eigenvalue weighted by molar-refractivity contribution is 0.669. The van der Waals surface area contributed by atoms with Crippen LogP contribution >= 0.6 is 0 Å². The number of hydrogen-bond donors (Lipinski definition) is 0. The molecule has 7 aromatic rings. The summed E-state index contributed by atoms with van der Waals surface area (Å²) in [6.07, 6.45) is 0. The number of hydrogen-bond acceptors (Lipinski definition) is 3. The Bertz CT molecular complexity index is 1820. The number of aromatic nitrogens is 2. The number of furan rings is 1. The van der Waals surface area contributed by atoms with Crippen LogP contribution in [0.3, 0.4) is 0 Å². The van der Waals surface area contributed by atoms with Crippen molar-refractivity contribution in [3.63, 3.8) is 0 Å². The van der Waals surface area contributed by atoms with Crippen LogP contribution in [0.2, 0.25) is 0 Å². The Hall–Kier alpha value is -4.50. The minimum absolute atomic E-state index is 0.887. The first-order chi connectivity index (χ1) is 16.4. The zero-order valence-electron chi connectivity index (χ0n) is 17.7. The average Bonchev–Trinajstić information content (AvgIpc) is 3.27. The summed E-state index contributed by atoms with van der Waals surface area (Å²) in [5.41, 5.74) is 7.48. The summed E-state index contributed by atoms with van der Waals surface area (Å²) in [7, 11) is 0. The molecule has 0 spiro atoms. The van der Waals surface area contributed by atoms with Crippen LogP contribution in [0.25, 0.3) is 66.3 Å². The minimum atomic E-state index is 0.887. The lowest BCUT2D eigenvalue weighted by atomic mass is 9.95. The lowest BCUT2D eigenvalue weighted by Crippen LogP contribution is -1.96. The van der Waals surface area contributed by atoms with Crippen molar-refractivity contribution in [3.05, 3.63) is 109 Å². The molecule has 0 aliphatic heterocycles. The van der Waals surface area contributed by atoms with Gasteiger partial charge in [-0.15, -0.1) is 0 Å². The highest BCUT2D eigenvalue weighted by Gasteiger charge is 2.17. The monoisotopic (exact) mass is 422 g/mol. The van der Waals surface area contributed by atoms with Gasteiger partial charge in [-0.05, 0) is 41.1 Å². The topological polar surface area (TPSA) is 38.9 Å². The fourth-order valence-electron chi connectivity index (χ4n) is 4.77. The van der Waals surface area contributed by atoms with Crippen LogP contribution in [-0.2, 0) is 0 Å². The van der Waals surface area contributed by atoms with E-state index in [1.807, 2.05) is 54.6 Å². The van der Waals surface area contributed by atoms with Gasteiger partial charge in [0.05, 0.1) is 22.4 Å². The van der Waals surface area contributed by atoms with Crippen molar-refractivity contribution in [1.29, 1.82) is 0 Å². The van der Waals surface area contributed by atoms with Crippen molar-refractivity contribution in [2.24, 2.45) is 0 Å². The maximum Gasteiger partial charge on any atom is 0.136 e. The Kier molecular flexibility index (Phi) is 3.84. The quantitative estimate of drug-likeness (QED) is 0.283. The molecule has 0 bridgehead atoms. The zero-order valence-corrected chi connectivity index (χ0v) is 17.7. The maximum absolute atomic E-state index is 6.13. The van der Waals surface area contributed by atoms with E-state index in [4.69, 9.17) is 14.4 Å². The SMILES string of the molecule is c1ccc(-c2nc3ccccc3nc2-c2cccc3c2ccc2oc4ccccc4c23)cc1. The molecule has 3 nitrogen and oxygen atoms in total. The first-order valence-corrected chi connectivity index (χ1v) is 11.0. The molecule has 0 radical (unpaired) electrons. The Morgan fingerprint density at radius 1 is 0.455 bits per heavy atom. The second kappa shape index (κ2) is 7.01. The highest BCUT2D eigenvalue weighted by Crippen LogP contribution is 2.40. The van der Waals surface area contributed by atoms with Crippen LogP contribution in [0.5, 0.6) is 0 Å². The summed E-state index contributed by atoms with van der Waals surface area (Å²) in [5.74, 6) is 0. The molecular weight excluding hydrogens is 404 g/mol. The molecule has 2 heterocycles. The molecule has 0 unspecified atom stereocenters. The highest BCUT2D eigenvalue weighted by molar-refractivity contribution is 6.21. The predicted octanol–water partition coefficient (Wildman–Crippen LogP) is 8.02. The van der Waals surface area contributed by atoms with E-state index < -0.39 is 0 Å². The number of nitrogens with zero attached hydrogens (tertiary/aromatic N) is 2. The fraction of sp³-hybridized carbons (Fsp3) is 0. The molecule has 7 rings (SSSR count). The molecule has 154 valence electrons. The number of rotatable bonds is 2. The summed E-state index contributed by atoms with van der Waals surface area (Å²) >= 11 is 0. The first-order valence-electron chi connectivity index (χ1n) is 11.0. The lowest BCUT2D eigenvalue weighted by Gasteiger charge is -2.13. The van der Waals surface area contributed by atoms with Crippen molar-refractivity contribution < 1.29 is 4.42 Å². The van der Waals surface area contributed by atoms with Gasteiger partial charge in [-0.1, -0.05) is 78.9 Å². The first kappa shape index (κ1) is 18.1. The fourth-order valence-corrected chi connectivity index (χ4v) is 4.77. The van der Waals surface area contributed by atoms with Gasteiger partial charge in [0.25, 0.3) is 0 Å². The van der Waals surface area contributed by atoms with Gasteiger partial charge in [0.1, 0.15) is 11.2 Å². The van der Waals surface area contributed by atoms with Crippen LogP contribution in [0.4, 0.5) is 0 Å². The van der Waals surface area contributed by atoms with Gasteiger partial charge < -0.3 is 4.42 Å². The van der Waals surface area contributed by atoms with Crippen molar-refractivity contribution in [3.8, 4) is 22.5 Å². The van der Waals surface area contributed by atoms with E-state index in [0.717, 1.165) is 66.3 Å². The van der Waals surface area contributed by atoms with Crippen molar-refractivity contribution in [2.45, 2.75) is 0 Å². The van der Waals surface area contributed by atoms with Gasteiger partial charge in [-0.25, -0.2) is 9.97 Å². The molecule has 33 heavy (non-hydrogen) atoms. The summed E-state index contributed by atoms with van der Waals surface area (Å²) in [5, 5.41) is 4.56. The maximum atomic E-state index is 6.13. The predicted molar refractivity (Wildman–Crippen MR) is 135 cm³/mol. The summed E-state index contributed by atoms with van der Waals surface area (Å²) in [6, 6.07) is 37.2. The number of benzene rings is 5. The molecule has 0 saturated heterocycles. The molecule has 0 saturated carbocycles. The van der Waals surface area contributed by atoms with Crippen molar-refractivity contribution in [1.82, 2.24) is 9.97 Å². The molecule has 0 amide bonds. The van der Waals surface area contributed by atoms with Crippen LogP contribution in [0.1, 0.15) is 0 Å². The molecule has 3 heteroatoms. The van der Waals surface area contributed by atoms with E-state index in [-0.39, 0.29) is 0 Å². The highest BCUT2D eigenvalue weighted by atomic mass is 16.3. The largest absolute Gasteiger partial charge is 0.456 e. The molecule has 0 aliphatic rings. The van der Waals surface area contributed by atoms with Crippen LogP contribution in [0, 0.1) is 0 Å². The van der Waals surface area contributed by atoms with E-state index in [2.05, 4.69) is 54.6 Å². The molecule has 0 fully saturated rings. The van der Waals surface area contributed by atoms with E-state index in [1.165, 1.54) is 0 Å². The van der Waals surface area contributed by atoms with Gasteiger partial charge in [0.2, 0.25) is 0 Å². The van der Waals surface area contributed by atoms with E-state index in [1.54, 1.807) is 0 Å². The van der Waals surface area contributed by atoms with Gasteiger partial charge in [-0.2, -0.15) is 0 Å². The van der Waals surface area contributed by atoms with E-state index in [9.17, 15) is 0 Å². The third kappa shape index (κ3) is 2.76. The van der Waals surface area contributed by atoms with Gasteiger partial charge in [0, 0.05) is 21.9 Å². The van der Waals surface area contributed by atoms with Crippen LogP contribution in [0.15, 0.2) is 114 Å². The average molecular weight is 422 g/mol. The van der Waals surface area contributed by atoms with Gasteiger partial charge >= 0.3 is 0 Å². The smallest absolute Gasteiger partial charge is 0.136 e. The molecule has 0 atom stereocenters. The minimum Gasteiger partial charge on any atom is -0.456 e. The summed E-state index contributed by atoms with van der Waals surface area (Å²) in [6.45, 7) is 0. The molecule has 0 N–H and O–H groups in total. The van der Waals surface area contributed by atoms with Gasteiger partial charge in [0.15, 0.2) is 0 Å². The zero-order chi connectivity index (χ0) is 21.8. The Morgan fingerprint density at radius 2 is 1.15 bits per heavy atom. The van der Waals surface area contributed by atoms with Crippen molar-refractivity contribution in [2.75, 3.05) is 0 Å². The third-order valence-corrected chi connectivity index (χ3v) is 6.27. The molecule has 2 aromatic heterocycles. The van der Waals surface area contributed by atoms with E-state index in [0.29, 0.717) is 0 Å². The molecule has 0 aliphatic carbocycles. The Balaban J connectivity index is 1.60. The number of para-hydroxylation sites is 3. The van der Waals surface area contributed by atoms with Crippen molar-refractivity contribution >= 4 is 43.7 Å². The number of fused-ring (bicyclic) bond motifs is 6. The summed E-state index contributed by atoms with van der Waals surface area (Å²) < 4.78 is 6.13. The third-order valence-electron chi connectivity index (χ3n) is 6.27. The normalized spacial score (nSPS) is 11.6. The summed E-state index contributed by atoms with van der Waals surface area (Å²) in [4.78, 5) is 10.2. The van der Waals surface area contributed by atoms with E-state index >= 15 is 0 Å². The van der Waals surface area contributed by atoms with Gasteiger partial charge in [-0.3, -0.25) is 0 Å². The molecular formula is C30H18N2O. The Morgan fingerprint density at radius 3 is 2.00 bits per heavy atom. The molecule has 5 aromatic carbocycles. The Labute approximate surface area is 190 Å². The second-order valence-corrected chi connectivity index (χ2v) is 8.21. The standard InChI is InChI=1S/C30H18N2O/c1-2-9-19(10-3-1)29-30(32-25-15-6-5-14-24(25)31-29)22-13-8-12-21-20(22)17-18-27-28(21)23-11-4-7-16-26(23)33-27/h1-18H. The van der Waals surface area contributed by atoms with Crippen LogP contribution < -0.4 is 0 Å².